The molecule has 0 spiro atoms. The monoisotopic (exact) mass is 191 g/mol. The van der Waals surface area contributed by atoms with Crippen LogP contribution in [0.2, 0.25) is 11.6 Å². The van der Waals surface area contributed by atoms with Crippen molar-refractivity contribution in [1.29, 1.82) is 0 Å². The van der Waals surface area contributed by atoms with Gasteiger partial charge >= 0.3 is 0 Å². The van der Waals surface area contributed by atoms with Crippen LogP contribution in [0.15, 0.2) is 0 Å². The highest BCUT2D eigenvalue weighted by Crippen LogP contribution is 2.39. The van der Waals surface area contributed by atoms with E-state index in [1.807, 2.05) is 0 Å². The van der Waals surface area contributed by atoms with E-state index in [2.05, 4.69) is 14.2 Å². The molecule has 0 nitrogen and oxygen atoms in total. The Kier molecular flexibility index (Phi) is 3.95. The van der Waals surface area contributed by atoms with Crippen molar-refractivity contribution in [2.24, 2.45) is 5.92 Å². The minimum Gasteiger partial charge on any atom is -0.0686 e. The predicted octanol–water partition coefficient (Wildman–Crippen LogP) is 4.44. The summed E-state index contributed by atoms with van der Waals surface area (Å²) in [5, 5.41) is 0. The molecule has 0 N–H and O–H groups in total. The maximum Gasteiger partial charge on any atom is 0.118 e. The zero-order valence-electron chi connectivity index (χ0n) is 9.67. The molecule has 0 amide bonds. The lowest BCUT2D eigenvalue weighted by molar-refractivity contribution is 0.376. The molecule has 0 aromatic heterocycles. The van der Waals surface area contributed by atoms with Gasteiger partial charge in [-0.1, -0.05) is 76.3 Å². The Morgan fingerprint density at radius 2 is 1.43 bits per heavy atom. The smallest absolute Gasteiger partial charge is 0.0686 e. The third-order valence-electron chi connectivity index (χ3n) is 4.35. The highest BCUT2D eigenvalue weighted by atomic mass is 14.2. The molecule has 2 aliphatic rings. The van der Waals surface area contributed by atoms with Crippen molar-refractivity contribution in [1.82, 2.24) is 0 Å². The first-order valence-electron chi connectivity index (χ1n) is 6.71. The summed E-state index contributed by atoms with van der Waals surface area (Å²) in [7, 11) is 2.74. The zero-order chi connectivity index (χ0) is 9.80. The van der Waals surface area contributed by atoms with Gasteiger partial charge in [-0.05, 0) is 5.92 Å². The molecule has 2 saturated carbocycles. The summed E-state index contributed by atoms with van der Waals surface area (Å²) in [5.41, 5.74) is 0. The quantitative estimate of drug-likeness (QED) is 0.566. The van der Waals surface area contributed by atoms with E-state index in [4.69, 9.17) is 0 Å². The molecule has 0 aromatic rings. The fourth-order valence-corrected chi connectivity index (χ4v) is 3.31. The second kappa shape index (κ2) is 5.23. The Bertz CT molecular complexity index is 161. The normalized spacial score (nSPS) is 35.5. The van der Waals surface area contributed by atoms with Crippen molar-refractivity contribution in [3.8, 4) is 0 Å². The van der Waals surface area contributed by atoms with Crippen molar-refractivity contribution >= 4 is 7.28 Å². The average molecular weight is 191 g/mol. The molecule has 2 atom stereocenters. The first kappa shape index (κ1) is 10.6. The molecule has 0 heterocycles. The van der Waals surface area contributed by atoms with Gasteiger partial charge in [-0.15, -0.1) is 0 Å². The summed E-state index contributed by atoms with van der Waals surface area (Å²) in [5.74, 6) is 2.92. The molecule has 2 fully saturated rings. The van der Waals surface area contributed by atoms with Gasteiger partial charge in [0.1, 0.15) is 7.28 Å². The average Bonchev–Trinajstić information content (AvgIpc) is 2.23. The maximum atomic E-state index is 2.74. The summed E-state index contributed by atoms with van der Waals surface area (Å²) in [6, 6.07) is 0. The van der Waals surface area contributed by atoms with Gasteiger partial charge in [0.2, 0.25) is 0 Å². The SMILES string of the molecule is CC1CCCCC1[B]C1CCCCC1. The van der Waals surface area contributed by atoms with Crippen molar-refractivity contribution in [2.45, 2.75) is 76.3 Å². The van der Waals surface area contributed by atoms with Crippen LogP contribution in [0.3, 0.4) is 0 Å². The highest BCUT2D eigenvalue weighted by Gasteiger charge is 2.26. The van der Waals surface area contributed by atoms with E-state index in [-0.39, 0.29) is 0 Å². The van der Waals surface area contributed by atoms with Gasteiger partial charge in [0.15, 0.2) is 0 Å². The molecule has 1 heteroatoms. The van der Waals surface area contributed by atoms with Gasteiger partial charge in [0.25, 0.3) is 0 Å². The molecule has 0 aromatic carbocycles. The second-order valence-corrected chi connectivity index (χ2v) is 5.52. The molecule has 0 aliphatic heterocycles. The van der Waals surface area contributed by atoms with Gasteiger partial charge in [0, 0.05) is 0 Å². The summed E-state index contributed by atoms with van der Waals surface area (Å²) in [6.07, 6.45) is 13.4. The van der Waals surface area contributed by atoms with E-state index in [1.165, 1.54) is 57.8 Å². The maximum absolute atomic E-state index is 2.74. The topological polar surface area (TPSA) is 0 Å². The lowest BCUT2D eigenvalue weighted by Crippen LogP contribution is -2.21. The number of hydrogen-bond donors (Lipinski definition) is 0. The van der Waals surface area contributed by atoms with E-state index in [1.54, 1.807) is 0 Å². The first-order chi connectivity index (χ1) is 6.86. The van der Waals surface area contributed by atoms with E-state index in [0.717, 1.165) is 17.6 Å². The van der Waals surface area contributed by atoms with Gasteiger partial charge in [-0.3, -0.25) is 0 Å². The lowest BCUT2D eigenvalue weighted by atomic mass is 9.46. The Morgan fingerprint density at radius 1 is 0.786 bits per heavy atom. The number of hydrogen-bond acceptors (Lipinski definition) is 0. The fraction of sp³-hybridized carbons (Fsp3) is 1.00. The van der Waals surface area contributed by atoms with E-state index in [9.17, 15) is 0 Å². The summed E-state index contributed by atoms with van der Waals surface area (Å²) >= 11 is 0. The third-order valence-corrected chi connectivity index (χ3v) is 4.35. The second-order valence-electron chi connectivity index (χ2n) is 5.52. The Morgan fingerprint density at radius 3 is 2.14 bits per heavy atom. The van der Waals surface area contributed by atoms with E-state index >= 15 is 0 Å². The predicted molar refractivity (Wildman–Crippen MR) is 64.0 cm³/mol. The van der Waals surface area contributed by atoms with Crippen LogP contribution in [-0.4, -0.2) is 7.28 Å². The molecule has 2 aliphatic carbocycles. The van der Waals surface area contributed by atoms with Crippen LogP contribution in [0.1, 0.15) is 64.7 Å². The van der Waals surface area contributed by atoms with Gasteiger partial charge in [0.05, 0.1) is 0 Å². The summed E-state index contributed by atoms with van der Waals surface area (Å²) < 4.78 is 0. The summed E-state index contributed by atoms with van der Waals surface area (Å²) in [4.78, 5) is 0. The minimum absolute atomic E-state index is 0.965. The molecule has 79 valence electrons. The van der Waals surface area contributed by atoms with Crippen LogP contribution in [0, 0.1) is 5.92 Å². The van der Waals surface area contributed by atoms with E-state index in [0.29, 0.717) is 0 Å². The minimum atomic E-state index is 0.965. The molecule has 14 heavy (non-hydrogen) atoms. The largest absolute Gasteiger partial charge is 0.118 e. The Labute approximate surface area is 90.1 Å². The van der Waals surface area contributed by atoms with Crippen LogP contribution < -0.4 is 0 Å². The molecule has 2 rings (SSSR count). The van der Waals surface area contributed by atoms with Crippen molar-refractivity contribution in [3.63, 3.8) is 0 Å². The molecule has 1 radical (unpaired) electrons. The van der Waals surface area contributed by atoms with Crippen LogP contribution in [0.25, 0.3) is 0 Å². The third kappa shape index (κ3) is 2.78. The van der Waals surface area contributed by atoms with E-state index < -0.39 is 0 Å². The standard InChI is InChI=1S/C13H24B/c1-11-7-5-6-10-13(11)14-12-8-3-2-4-9-12/h11-13H,2-10H2,1H3. The fourth-order valence-electron chi connectivity index (χ4n) is 3.31. The van der Waals surface area contributed by atoms with Crippen molar-refractivity contribution in [2.75, 3.05) is 0 Å². The molecule has 0 saturated heterocycles. The van der Waals surface area contributed by atoms with Gasteiger partial charge in [-0.2, -0.15) is 0 Å². The zero-order valence-corrected chi connectivity index (χ0v) is 9.67. The molecule has 0 bridgehead atoms. The lowest BCUT2D eigenvalue weighted by Gasteiger charge is -2.32. The molecular formula is C13H24B. The van der Waals surface area contributed by atoms with Crippen molar-refractivity contribution < 1.29 is 0 Å². The first-order valence-corrected chi connectivity index (χ1v) is 6.71. The number of rotatable bonds is 2. The van der Waals surface area contributed by atoms with Crippen LogP contribution in [0.5, 0.6) is 0 Å². The molecular weight excluding hydrogens is 167 g/mol. The van der Waals surface area contributed by atoms with Gasteiger partial charge in [-0.25, -0.2) is 0 Å². The Balaban J connectivity index is 1.76. The van der Waals surface area contributed by atoms with Crippen LogP contribution in [0.4, 0.5) is 0 Å². The van der Waals surface area contributed by atoms with Gasteiger partial charge < -0.3 is 0 Å². The Hall–Kier alpha value is 0.0649. The molecule has 2 unspecified atom stereocenters. The van der Waals surface area contributed by atoms with Crippen molar-refractivity contribution in [3.05, 3.63) is 0 Å². The summed E-state index contributed by atoms with van der Waals surface area (Å²) in [6.45, 7) is 2.46. The highest BCUT2D eigenvalue weighted by molar-refractivity contribution is 6.39. The van der Waals surface area contributed by atoms with Crippen LogP contribution >= 0.6 is 0 Å². The van der Waals surface area contributed by atoms with Crippen LogP contribution in [-0.2, 0) is 0 Å².